The first-order valence-electron chi connectivity index (χ1n) is 27.3. The minimum Gasteiger partial charge on any atom is -0.744 e. The van der Waals surface area contributed by atoms with Crippen molar-refractivity contribution >= 4 is 205 Å². The molecule has 0 atom stereocenters. The first kappa shape index (κ1) is 74.3. The second-order valence-electron chi connectivity index (χ2n) is 21.0. The summed E-state index contributed by atoms with van der Waals surface area (Å²) in [5, 5.41) is 39.7. The Balaban J connectivity index is 0.894. The van der Waals surface area contributed by atoms with Gasteiger partial charge in [0.25, 0.3) is 10.1 Å². The molecule has 0 spiro atoms. The standard InChI is InChI=1S/C54H37Cl2N13O26S8/c55-50-60-41(61-53(62-50)58-35-21-27(96(72,73)74)17-24-19-39(100(84,85)86)44(46(70)42(24)35)68-66-33-13-11-29-31(48(33)102(90,91)92)6-2-8-37(29)98(78,79)80)15-10-23-4-1-5-26(16-23)57-52-63-51(56)64-54(65-52)59-36-22-28(97(75,76)77)18-25-20-40(101(87,88)89)45(47(71)43(25)36)69-67-34-14-12-30-32(49(34)103(93,94)95)7-3-9-38(30)99(81,82)83/h1-9,11-14,16-22,70-71H,10,15H2,(H,72,73,74)(H,75,76,77)(H,78,79,80)(H,81,82,83)(H,84,85,86)(H,87,88,89)(H,90,91,92)(H,93,94,95)(H,58,60,61,62)(H2,57,59,63,64,65)/p-7. The third kappa shape index (κ3) is 15.9. The molecule has 11 rings (SSSR count). The van der Waals surface area contributed by atoms with Gasteiger partial charge in [-0.15, -0.1) is 20.5 Å². The predicted octanol–water partition coefficient (Wildman–Crippen LogP) is 6.81. The number of aryl methyl sites for hydroxylation is 2. The highest BCUT2D eigenvalue weighted by molar-refractivity contribution is 7.88. The van der Waals surface area contributed by atoms with E-state index in [1.165, 1.54) is 18.2 Å². The summed E-state index contributed by atoms with van der Waals surface area (Å²) in [6.45, 7) is 0. The number of fused-ring (bicyclic) bond motifs is 4. The third-order valence-electron chi connectivity index (χ3n) is 14.4. The zero-order valence-corrected chi connectivity index (χ0v) is 57.7. The summed E-state index contributed by atoms with van der Waals surface area (Å²) in [5.74, 6) is -4.36. The van der Waals surface area contributed by atoms with E-state index in [1.54, 1.807) is 6.07 Å². The average Bonchev–Trinajstić information content (AvgIpc) is 0.760. The number of anilines is 6. The quantitative estimate of drug-likeness (QED) is 0.0318. The van der Waals surface area contributed by atoms with Crippen molar-refractivity contribution in [2.45, 2.75) is 52.0 Å². The molecule has 9 aromatic carbocycles. The van der Waals surface area contributed by atoms with Crippen molar-refractivity contribution in [3.8, 4) is 11.5 Å². The highest BCUT2D eigenvalue weighted by Crippen LogP contribution is 2.49. The molecule has 6 N–H and O–H groups in total. The van der Waals surface area contributed by atoms with Crippen molar-refractivity contribution in [1.29, 1.82) is 0 Å². The summed E-state index contributed by atoms with van der Waals surface area (Å²) < 4.78 is 297. The van der Waals surface area contributed by atoms with Crippen molar-refractivity contribution < 1.29 is 114 Å². The van der Waals surface area contributed by atoms with Crippen LogP contribution >= 0.6 is 23.2 Å². The van der Waals surface area contributed by atoms with E-state index in [0.717, 1.165) is 54.6 Å². The van der Waals surface area contributed by atoms with E-state index in [4.69, 9.17) is 23.2 Å². The van der Waals surface area contributed by atoms with E-state index in [1.807, 2.05) is 0 Å². The van der Waals surface area contributed by atoms with Crippen LogP contribution in [0.25, 0.3) is 43.1 Å². The summed E-state index contributed by atoms with van der Waals surface area (Å²) in [5.41, 5.74) is -5.02. The maximum Gasteiger partial charge on any atom is 0.297 e. The molecule has 0 aliphatic rings. The number of azo groups is 2. The fraction of sp³-hybridized carbons (Fsp3) is 0.0370. The van der Waals surface area contributed by atoms with Crippen molar-refractivity contribution in [3.63, 3.8) is 0 Å². The molecule has 2 aromatic heterocycles. The van der Waals surface area contributed by atoms with Gasteiger partial charge in [0.15, 0.2) is 11.5 Å². The SMILES string of the molecule is O=S(=O)([O-])c1cc(Nc2nc(Cl)nc(CCc3cccc(Nc4nc(Cl)nc(Nc5cc(S(=O)(=O)[O-])cc6cc(S(=O)(=O)[O-])c(N=Nc7ccc8c(S(=O)(=O)[O-])cccc8c7S(=O)(=O)O)c(O)c56)n4)c3)n2)c2c(O)c(N=Nc3ccc4c(S(=O)(=O)[O-])cccc4c3S(=O)(=O)[O-])c(S(=O)(=O)[O-])cc2c1. The fourth-order valence-electron chi connectivity index (χ4n) is 10.3. The molecule has 0 amide bonds. The van der Waals surface area contributed by atoms with Crippen LogP contribution in [0.15, 0.2) is 181 Å². The van der Waals surface area contributed by atoms with Crippen LogP contribution in [0.2, 0.25) is 10.6 Å². The van der Waals surface area contributed by atoms with Gasteiger partial charge in [0.05, 0.1) is 45.6 Å². The minimum absolute atomic E-state index is 0.0200. The Kier molecular flexibility index (Phi) is 19.3. The van der Waals surface area contributed by atoms with E-state index < -0.39 is 231 Å². The molecule has 0 fully saturated rings. The Morgan fingerprint density at radius 2 is 0.806 bits per heavy atom. The lowest BCUT2D eigenvalue weighted by Gasteiger charge is -2.19. The smallest absolute Gasteiger partial charge is 0.297 e. The molecule has 0 unspecified atom stereocenters. The average molecular weight is 1600 g/mol. The van der Waals surface area contributed by atoms with Crippen molar-refractivity contribution in [2.24, 2.45) is 20.5 Å². The van der Waals surface area contributed by atoms with E-state index in [2.05, 4.69) is 66.3 Å². The molecular formula is C54H30Cl2N13O26S8-7. The molecule has 0 aliphatic heterocycles. The van der Waals surface area contributed by atoms with Crippen molar-refractivity contribution in [3.05, 3.63) is 143 Å². The van der Waals surface area contributed by atoms with Crippen LogP contribution < -0.4 is 16.0 Å². The number of rotatable bonds is 21. The van der Waals surface area contributed by atoms with Crippen LogP contribution in [-0.4, -0.2) is 144 Å². The van der Waals surface area contributed by atoms with Crippen LogP contribution in [0.4, 0.5) is 57.7 Å². The second-order valence-corrected chi connectivity index (χ2v) is 32.5. The Morgan fingerprint density at radius 1 is 0.388 bits per heavy atom. The van der Waals surface area contributed by atoms with Crippen molar-refractivity contribution in [1.82, 2.24) is 29.9 Å². The first-order valence-corrected chi connectivity index (χ1v) is 39.3. The number of halogens is 2. The molecule has 103 heavy (non-hydrogen) atoms. The predicted molar refractivity (Wildman–Crippen MR) is 346 cm³/mol. The number of nitrogens with one attached hydrogen (secondary N) is 3. The molecule has 0 saturated carbocycles. The lowest BCUT2D eigenvalue weighted by atomic mass is 10.1. The highest BCUT2D eigenvalue weighted by Gasteiger charge is 2.28. The highest BCUT2D eigenvalue weighted by atomic mass is 35.5. The van der Waals surface area contributed by atoms with E-state index in [9.17, 15) is 114 Å². The van der Waals surface area contributed by atoms with Gasteiger partial charge in [-0.2, -0.15) is 33.3 Å². The largest absolute Gasteiger partial charge is 0.744 e. The maximum atomic E-state index is 12.8. The van der Waals surface area contributed by atoms with Crippen LogP contribution in [0.1, 0.15) is 11.4 Å². The van der Waals surface area contributed by atoms with Gasteiger partial charge in [0, 0.05) is 44.4 Å². The maximum absolute atomic E-state index is 12.8. The van der Waals surface area contributed by atoms with Crippen LogP contribution in [0.5, 0.6) is 11.5 Å². The Hall–Kier alpha value is -9.90. The molecule has 536 valence electrons. The topological polar surface area (TPSA) is 658 Å². The molecule has 49 heteroatoms. The van der Waals surface area contributed by atoms with E-state index >= 15 is 0 Å². The number of benzene rings is 9. The molecular weight excluding hydrogens is 1570 g/mol. The number of phenols is 2. The Bertz CT molecular complexity index is 6610. The lowest BCUT2D eigenvalue weighted by Crippen LogP contribution is -2.07. The van der Waals surface area contributed by atoms with Gasteiger partial charge >= 0.3 is 0 Å². The molecule has 0 saturated heterocycles. The third-order valence-corrected chi connectivity index (χ3v) is 21.7. The summed E-state index contributed by atoms with van der Waals surface area (Å²) in [4.78, 5) is 14.9. The van der Waals surface area contributed by atoms with E-state index in [-0.39, 0.29) is 30.3 Å². The van der Waals surface area contributed by atoms with Crippen LogP contribution in [-0.2, 0) is 93.8 Å². The normalized spacial score (nSPS) is 13.1. The van der Waals surface area contributed by atoms with Gasteiger partial charge in [0.2, 0.25) is 28.4 Å². The van der Waals surface area contributed by atoms with Gasteiger partial charge in [-0.25, -0.2) is 63.9 Å². The minimum atomic E-state index is -5.82. The van der Waals surface area contributed by atoms with Crippen LogP contribution in [0.3, 0.4) is 0 Å². The lowest BCUT2D eigenvalue weighted by molar-refractivity contribution is 0.457. The molecule has 2 heterocycles. The zero-order chi connectivity index (χ0) is 75.2. The molecule has 39 nitrogen and oxygen atoms in total. The van der Waals surface area contributed by atoms with Crippen LogP contribution in [0, 0.1) is 0 Å². The molecule has 0 radical (unpaired) electrons. The Labute approximate surface area is 587 Å². The second kappa shape index (κ2) is 26.7. The summed E-state index contributed by atoms with van der Waals surface area (Å²) >= 11 is 12.6. The number of nitrogens with zero attached hydrogens (tertiary/aromatic N) is 10. The van der Waals surface area contributed by atoms with Gasteiger partial charge in [-0.1, -0.05) is 48.5 Å². The number of phenolic OH excluding ortho intramolecular Hbond substituents is 2. The van der Waals surface area contributed by atoms with E-state index in [0.29, 0.717) is 48.0 Å². The number of hydrogen-bond acceptors (Lipinski definition) is 38. The number of aromatic nitrogens is 6. The summed E-state index contributed by atoms with van der Waals surface area (Å²) in [7, 11) is -44.4. The van der Waals surface area contributed by atoms with Crippen molar-refractivity contribution in [2.75, 3.05) is 16.0 Å². The zero-order valence-electron chi connectivity index (χ0n) is 49.7. The van der Waals surface area contributed by atoms with Gasteiger partial charge < -0.3 is 58.0 Å². The summed E-state index contributed by atoms with van der Waals surface area (Å²) in [6.07, 6.45) is -0.115. The number of hydrogen-bond donors (Lipinski definition) is 6. The molecule has 0 aliphatic carbocycles. The Morgan fingerprint density at radius 3 is 1.24 bits per heavy atom. The van der Waals surface area contributed by atoms with Gasteiger partial charge in [-0.3, -0.25) is 4.55 Å². The fourth-order valence-corrected chi connectivity index (χ4v) is 16.1. The van der Waals surface area contributed by atoms with Gasteiger partial charge in [-0.05, 0) is 119 Å². The number of aromatic hydroxyl groups is 2. The molecule has 0 bridgehead atoms. The monoisotopic (exact) mass is 1600 g/mol. The first-order chi connectivity index (χ1) is 47.7. The summed E-state index contributed by atoms with van der Waals surface area (Å²) in [6, 6.07) is 17.8. The molecule has 11 aromatic rings. The van der Waals surface area contributed by atoms with Gasteiger partial charge in [0.1, 0.15) is 104 Å².